The summed E-state index contributed by atoms with van der Waals surface area (Å²) < 4.78 is 0.174. The quantitative estimate of drug-likeness (QED) is 0.167. The molecule has 2 aliphatic rings. The Kier molecular flexibility index (Phi) is 8.50. The number of benzene rings is 4. The Morgan fingerprint density at radius 1 is 0.568 bits per heavy atom. The van der Waals surface area contributed by atoms with Crippen molar-refractivity contribution in [3.05, 3.63) is 129 Å². The second kappa shape index (κ2) is 11.7. The molecular weight excluding hydrogens is 671 g/mol. The summed E-state index contributed by atoms with van der Waals surface area (Å²) in [4.78, 5) is 0. The minimum absolute atomic E-state index is 0.0871. The van der Waals surface area contributed by atoms with E-state index >= 15 is 0 Å². The van der Waals surface area contributed by atoms with Gasteiger partial charge in [-0.25, -0.2) is 0 Å². The van der Waals surface area contributed by atoms with Crippen LogP contribution >= 0.6 is 17.0 Å². The third-order valence-corrected chi connectivity index (χ3v) is 62.2. The zero-order valence-corrected chi connectivity index (χ0v) is 32.5. The fourth-order valence-corrected chi connectivity index (χ4v) is 39.7. The predicted octanol–water partition coefficient (Wildman–Crippen LogP) is 12.5. The van der Waals surface area contributed by atoms with Gasteiger partial charge in [-0.3, -0.25) is 0 Å². The molecule has 0 fully saturated rings. The van der Waals surface area contributed by atoms with Crippen LogP contribution in [0.15, 0.2) is 96.1 Å². The molecule has 0 spiro atoms. The fraction of sp³-hybridized carbons (Fsp3) is 0.300. The topological polar surface area (TPSA) is 0 Å². The van der Waals surface area contributed by atoms with Crippen molar-refractivity contribution in [2.75, 3.05) is 0 Å². The maximum atomic E-state index is 8.71. The van der Waals surface area contributed by atoms with Crippen LogP contribution in [0.5, 0.6) is 0 Å². The molecule has 4 aromatic rings. The van der Waals surface area contributed by atoms with Gasteiger partial charge in [0.2, 0.25) is 0 Å². The van der Waals surface area contributed by atoms with Gasteiger partial charge in [-0.1, -0.05) is 0 Å². The summed E-state index contributed by atoms with van der Waals surface area (Å²) in [7, 11) is 17.4. The Hall–Kier alpha value is -1.96. The zero-order valence-electron chi connectivity index (χ0n) is 27.4. The van der Waals surface area contributed by atoms with Gasteiger partial charge >= 0.3 is 276 Å². The summed E-state index contributed by atoms with van der Waals surface area (Å²) in [6, 6.07) is 31.1. The van der Waals surface area contributed by atoms with Crippen LogP contribution in [0, 0.1) is 25.7 Å². The molecule has 44 heavy (non-hydrogen) atoms. The summed E-state index contributed by atoms with van der Waals surface area (Å²) >= 11 is -4.86. The van der Waals surface area contributed by atoms with E-state index in [9.17, 15) is 0 Å². The molecule has 0 saturated heterocycles. The number of aryl methyl sites for hydroxylation is 2. The Labute approximate surface area is 274 Å². The monoisotopic (exact) mass is 713 g/mol. The van der Waals surface area contributed by atoms with Gasteiger partial charge in [0, 0.05) is 0 Å². The van der Waals surface area contributed by atoms with E-state index in [0.29, 0.717) is 11.8 Å². The molecule has 227 valence electrons. The number of allylic oxidation sites excluding steroid dienone is 2. The van der Waals surface area contributed by atoms with Crippen molar-refractivity contribution in [1.82, 2.24) is 0 Å². The van der Waals surface area contributed by atoms with Crippen molar-refractivity contribution >= 4 is 35.1 Å². The number of rotatable bonds is 7. The molecule has 4 heteroatoms. The van der Waals surface area contributed by atoms with E-state index in [-0.39, 0.29) is 7.25 Å². The van der Waals surface area contributed by atoms with Gasteiger partial charge in [0.25, 0.3) is 0 Å². The number of hydrogen-bond acceptors (Lipinski definition) is 0. The van der Waals surface area contributed by atoms with Crippen molar-refractivity contribution in [3.8, 4) is 22.3 Å². The average Bonchev–Trinajstić information content (AvgIpc) is 3.59. The van der Waals surface area contributed by atoms with Crippen LogP contribution < -0.4 is 0 Å². The minimum atomic E-state index is -4.86. The molecule has 6 rings (SSSR count). The average molecular weight is 716 g/mol. The van der Waals surface area contributed by atoms with E-state index in [1.54, 1.807) is 0 Å². The van der Waals surface area contributed by atoms with Crippen LogP contribution in [-0.4, -0.2) is 5.92 Å². The van der Waals surface area contributed by atoms with Gasteiger partial charge in [0.05, 0.1) is 0 Å². The predicted molar refractivity (Wildman–Crippen MR) is 195 cm³/mol. The van der Waals surface area contributed by atoms with Crippen molar-refractivity contribution in [1.29, 1.82) is 0 Å². The van der Waals surface area contributed by atoms with E-state index < -0.39 is 21.5 Å². The third-order valence-electron chi connectivity index (χ3n) is 10.6. The molecule has 0 bridgehead atoms. The normalized spacial score (nSPS) is 18.7. The molecule has 2 aliphatic carbocycles. The second-order valence-electron chi connectivity index (χ2n) is 14.1. The third kappa shape index (κ3) is 4.86. The molecule has 4 aromatic carbocycles. The molecule has 0 heterocycles. The summed E-state index contributed by atoms with van der Waals surface area (Å²) in [6.07, 6.45) is 4.99. The van der Waals surface area contributed by atoms with Crippen molar-refractivity contribution in [2.24, 2.45) is 11.8 Å². The summed E-state index contributed by atoms with van der Waals surface area (Å²) in [5, 5.41) is 0. The standard InChI is InChI=1S/2C19H19.C2H7Si.2ClH.Zr/c2*1-13(2)17-11-16-10-9-14(3)19(18(16)12-17)15-7-5-4-6-8-15;1-3-2;;;/h2*4-13H,1-3H3;3H,1-2H3;2*1H;/q;;;;;+2/p-2. The van der Waals surface area contributed by atoms with E-state index in [2.05, 4.69) is 152 Å². The van der Waals surface area contributed by atoms with Crippen LogP contribution in [0.3, 0.4) is 0 Å². The van der Waals surface area contributed by atoms with Gasteiger partial charge < -0.3 is 0 Å². The Morgan fingerprint density at radius 3 is 1.25 bits per heavy atom. The van der Waals surface area contributed by atoms with Crippen LogP contribution in [0.4, 0.5) is 0 Å². The van der Waals surface area contributed by atoms with Crippen LogP contribution in [0.1, 0.15) is 68.3 Å². The maximum absolute atomic E-state index is 8.71. The number of halogens is 2. The van der Waals surface area contributed by atoms with E-state index in [0.717, 1.165) is 0 Å². The van der Waals surface area contributed by atoms with E-state index in [1.165, 1.54) is 66.8 Å². The summed E-state index contributed by atoms with van der Waals surface area (Å²) in [5.41, 5.74) is 16.1. The first-order valence-corrected chi connectivity index (χ1v) is 32.6. The molecule has 0 aromatic heterocycles. The number of hydrogen-bond donors (Lipinski definition) is 0. The van der Waals surface area contributed by atoms with Gasteiger partial charge in [0.15, 0.2) is 0 Å². The summed E-state index contributed by atoms with van der Waals surface area (Å²) in [6.45, 7) is 18.7. The van der Waals surface area contributed by atoms with Crippen molar-refractivity contribution in [3.63, 3.8) is 0 Å². The fourth-order valence-electron chi connectivity index (χ4n) is 8.20. The molecule has 0 N–H and O–H groups in total. The first-order valence-electron chi connectivity index (χ1n) is 16.2. The first kappa shape index (κ1) is 32.0. The van der Waals surface area contributed by atoms with Gasteiger partial charge in [-0.05, 0) is 0 Å². The van der Waals surface area contributed by atoms with Gasteiger partial charge in [-0.15, -0.1) is 0 Å². The summed E-state index contributed by atoms with van der Waals surface area (Å²) in [5.74, 6) is -0.950. The van der Waals surface area contributed by atoms with Crippen LogP contribution in [-0.2, 0) is 15.6 Å². The molecule has 0 radical (unpaired) electrons. The van der Waals surface area contributed by atoms with Crippen LogP contribution in [0.2, 0.25) is 13.1 Å². The van der Waals surface area contributed by atoms with E-state index in [4.69, 9.17) is 17.0 Å². The second-order valence-corrected chi connectivity index (χ2v) is 56.6. The molecular formula is C40H45Cl2SiZr. The Bertz CT molecular complexity index is 1670. The number of fused-ring (bicyclic) bond motifs is 2. The van der Waals surface area contributed by atoms with Crippen molar-refractivity contribution in [2.45, 2.75) is 61.9 Å². The molecule has 2 atom stereocenters. The zero-order chi connectivity index (χ0) is 31.6. The Morgan fingerprint density at radius 2 is 0.932 bits per heavy atom. The SMILES string of the molecule is Cc1ccc2c(c1-c1ccccc1)C=C(C(C)C)[CH]2[Zr]([Cl])([Cl])([CH]1C(C(C)C)=Cc2c1ccc(C)c2-c1ccccc1)[SiH](C)C. The molecule has 0 nitrogen and oxygen atoms in total. The Balaban J connectivity index is 1.66. The molecule has 0 amide bonds. The van der Waals surface area contributed by atoms with Gasteiger partial charge in [0.1, 0.15) is 0 Å². The van der Waals surface area contributed by atoms with Gasteiger partial charge in [-0.2, -0.15) is 0 Å². The molecule has 2 unspecified atom stereocenters. The van der Waals surface area contributed by atoms with Crippen molar-refractivity contribution < 1.29 is 15.6 Å². The first-order chi connectivity index (χ1) is 20.9. The van der Waals surface area contributed by atoms with E-state index in [1.807, 2.05) is 0 Å². The molecule has 0 aliphatic heterocycles. The molecule has 0 saturated carbocycles. The van der Waals surface area contributed by atoms with Crippen LogP contribution in [0.25, 0.3) is 34.4 Å².